The Morgan fingerprint density at radius 1 is 1.44 bits per heavy atom. The van der Waals surface area contributed by atoms with Crippen LogP contribution in [0.25, 0.3) is 10.9 Å². The van der Waals surface area contributed by atoms with Gasteiger partial charge < -0.3 is 14.9 Å². The van der Waals surface area contributed by atoms with E-state index in [0.29, 0.717) is 10.7 Å². The van der Waals surface area contributed by atoms with Gasteiger partial charge in [0.1, 0.15) is 24.0 Å². The van der Waals surface area contributed by atoms with Crippen LogP contribution in [0.3, 0.4) is 0 Å². The lowest BCUT2D eigenvalue weighted by molar-refractivity contribution is 0.212. The van der Waals surface area contributed by atoms with Crippen molar-refractivity contribution in [3.63, 3.8) is 0 Å². The Bertz CT molecular complexity index is 840. The van der Waals surface area contributed by atoms with Gasteiger partial charge in [-0.1, -0.05) is 23.3 Å². The highest BCUT2D eigenvalue weighted by molar-refractivity contribution is 7.80. The predicted octanol–water partition coefficient (Wildman–Crippen LogP) is 3.31. The van der Waals surface area contributed by atoms with Crippen molar-refractivity contribution in [2.75, 3.05) is 7.11 Å². The summed E-state index contributed by atoms with van der Waals surface area (Å²) in [5.41, 5.74) is 1.14. The first-order chi connectivity index (χ1) is 11.8. The van der Waals surface area contributed by atoms with Gasteiger partial charge in [0.2, 0.25) is 0 Å². The van der Waals surface area contributed by atoms with Gasteiger partial charge in [0, 0.05) is 17.1 Å². The van der Waals surface area contributed by atoms with E-state index in [-0.39, 0.29) is 6.10 Å². The molecule has 1 heterocycles. The summed E-state index contributed by atoms with van der Waals surface area (Å²) in [6.45, 7) is 5.77. The molecule has 0 fully saturated rings. The Balaban J connectivity index is 2.10. The molecule has 0 saturated carbocycles. The summed E-state index contributed by atoms with van der Waals surface area (Å²) in [7, 11) is 1.50. The molecule has 0 amide bonds. The van der Waals surface area contributed by atoms with Crippen molar-refractivity contribution < 1.29 is 9.57 Å². The van der Waals surface area contributed by atoms with E-state index in [2.05, 4.69) is 21.4 Å². The van der Waals surface area contributed by atoms with Crippen molar-refractivity contribution in [1.82, 2.24) is 10.3 Å². The van der Waals surface area contributed by atoms with Gasteiger partial charge in [-0.05, 0) is 45.0 Å². The van der Waals surface area contributed by atoms with Crippen molar-refractivity contribution in [2.45, 2.75) is 32.4 Å². The molecule has 0 aliphatic heterocycles. The van der Waals surface area contributed by atoms with Gasteiger partial charge in [0.25, 0.3) is 0 Å². The fraction of sp³-hybridized carbons (Fsp3) is 0.316. The summed E-state index contributed by atoms with van der Waals surface area (Å²) in [6.07, 6.45) is 8.44. The predicted molar refractivity (Wildman–Crippen MR) is 105 cm³/mol. The second-order valence-electron chi connectivity index (χ2n) is 6.11. The number of thiocarbonyl (C=S) groups is 1. The number of fused-ring (bicyclic) bond motifs is 1. The summed E-state index contributed by atoms with van der Waals surface area (Å²) in [6, 6.07) is 7.56. The number of hydrogen-bond donors (Lipinski definition) is 1. The first-order valence-electron chi connectivity index (χ1n) is 7.77. The second kappa shape index (κ2) is 7.95. The number of pyridine rings is 1. The number of rotatable bonds is 6. The van der Waals surface area contributed by atoms with E-state index in [1.807, 2.05) is 45.0 Å². The fourth-order valence-electron chi connectivity index (χ4n) is 2.16. The van der Waals surface area contributed by atoms with Crippen LogP contribution in [-0.4, -0.2) is 34.9 Å². The number of nitrogens with one attached hydrogen (secondary N) is 1. The Hall–Kier alpha value is -2.65. The van der Waals surface area contributed by atoms with Crippen LogP contribution < -0.4 is 10.1 Å². The molecule has 0 bridgehead atoms. The number of oxime groups is 1. The molecule has 6 heteroatoms. The maximum atomic E-state index is 5.95. The zero-order valence-electron chi connectivity index (χ0n) is 14.7. The smallest absolute Gasteiger partial charge is 0.146 e. The van der Waals surface area contributed by atoms with Crippen LogP contribution in [0.15, 0.2) is 35.6 Å². The highest BCUT2D eigenvalue weighted by Crippen LogP contribution is 2.21. The van der Waals surface area contributed by atoms with Crippen LogP contribution in [0.1, 0.15) is 26.3 Å². The molecule has 1 N–H and O–H groups in total. The van der Waals surface area contributed by atoms with Gasteiger partial charge in [0.05, 0.1) is 17.3 Å². The minimum Gasteiger partial charge on any atom is -0.484 e. The average Bonchev–Trinajstić information content (AvgIpc) is 2.58. The van der Waals surface area contributed by atoms with Gasteiger partial charge in [0.15, 0.2) is 0 Å². The molecular formula is C19H21N3O2S. The average molecular weight is 355 g/mol. The molecular weight excluding hydrogens is 334 g/mol. The Morgan fingerprint density at radius 3 is 2.88 bits per heavy atom. The molecule has 0 saturated heterocycles. The third-order valence-electron chi connectivity index (χ3n) is 3.43. The van der Waals surface area contributed by atoms with Gasteiger partial charge in [-0.25, -0.2) is 0 Å². The van der Waals surface area contributed by atoms with Gasteiger partial charge >= 0.3 is 0 Å². The Labute approximate surface area is 153 Å². The normalized spacial score (nSPS) is 12.6. The fourth-order valence-corrected chi connectivity index (χ4v) is 2.47. The largest absolute Gasteiger partial charge is 0.484 e. The first-order valence-corrected chi connectivity index (χ1v) is 8.18. The highest BCUT2D eigenvalue weighted by atomic mass is 32.1. The monoisotopic (exact) mass is 355 g/mol. The van der Waals surface area contributed by atoms with Gasteiger partial charge in [-0.3, -0.25) is 4.98 Å². The lowest BCUT2D eigenvalue weighted by Crippen LogP contribution is -2.48. The van der Waals surface area contributed by atoms with Crippen LogP contribution in [0.2, 0.25) is 0 Å². The zero-order chi connectivity index (χ0) is 18.4. The number of benzene rings is 1. The van der Waals surface area contributed by atoms with Crippen molar-refractivity contribution >= 4 is 34.3 Å². The third-order valence-corrected chi connectivity index (χ3v) is 3.86. The number of ether oxygens (including phenoxy) is 1. The third kappa shape index (κ3) is 5.16. The van der Waals surface area contributed by atoms with E-state index in [1.54, 1.807) is 12.4 Å². The second-order valence-corrected chi connectivity index (χ2v) is 6.55. The molecule has 2 aromatic rings. The minimum absolute atomic E-state index is 0.313. The van der Waals surface area contributed by atoms with Crippen molar-refractivity contribution in [2.24, 2.45) is 5.16 Å². The van der Waals surface area contributed by atoms with Crippen LogP contribution in [0, 0.1) is 12.3 Å². The summed E-state index contributed by atoms with van der Waals surface area (Å²) in [5.74, 6) is 3.28. The SMILES string of the molecule is C#Cc1cnc2ccc(OC(C)C(=S)NC(C)(C)C=NOC)cc2c1. The van der Waals surface area contributed by atoms with Crippen molar-refractivity contribution in [3.8, 4) is 18.1 Å². The molecule has 1 atom stereocenters. The number of terminal acetylenes is 1. The Morgan fingerprint density at radius 2 is 2.20 bits per heavy atom. The zero-order valence-corrected chi connectivity index (χ0v) is 15.6. The van der Waals surface area contributed by atoms with E-state index in [4.69, 9.17) is 28.2 Å². The van der Waals surface area contributed by atoms with E-state index in [1.165, 1.54) is 7.11 Å². The molecule has 1 aromatic carbocycles. The first kappa shape index (κ1) is 18.7. The van der Waals surface area contributed by atoms with E-state index in [0.717, 1.165) is 16.5 Å². The molecule has 130 valence electrons. The van der Waals surface area contributed by atoms with Crippen LogP contribution in [0.5, 0.6) is 5.75 Å². The van der Waals surface area contributed by atoms with E-state index >= 15 is 0 Å². The molecule has 1 unspecified atom stereocenters. The van der Waals surface area contributed by atoms with Crippen molar-refractivity contribution in [3.05, 3.63) is 36.0 Å². The number of aromatic nitrogens is 1. The molecule has 0 spiro atoms. The van der Waals surface area contributed by atoms with Crippen LogP contribution in [-0.2, 0) is 4.84 Å². The van der Waals surface area contributed by atoms with E-state index in [9.17, 15) is 0 Å². The van der Waals surface area contributed by atoms with Gasteiger partial charge in [-0.15, -0.1) is 6.42 Å². The maximum absolute atomic E-state index is 5.95. The molecule has 0 radical (unpaired) electrons. The number of nitrogens with zero attached hydrogens (tertiary/aromatic N) is 2. The van der Waals surface area contributed by atoms with Gasteiger partial charge in [-0.2, -0.15) is 0 Å². The van der Waals surface area contributed by atoms with Crippen LogP contribution >= 0.6 is 12.2 Å². The molecule has 0 aliphatic carbocycles. The number of hydrogen-bond acceptors (Lipinski definition) is 5. The lowest BCUT2D eigenvalue weighted by Gasteiger charge is -2.26. The minimum atomic E-state index is -0.445. The molecule has 0 aliphatic rings. The summed E-state index contributed by atoms with van der Waals surface area (Å²) < 4.78 is 5.95. The summed E-state index contributed by atoms with van der Waals surface area (Å²) in [4.78, 5) is 9.60. The topological polar surface area (TPSA) is 55.7 Å². The molecule has 1 aromatic heterocycles. The highest BCUT2D eigenvalue weighted by Gasteiger charge is 2.20. The summed E-state index contributed by atoms with van der Waals surface area (Å²) >= 11 is 5.43. The quantitative estimate of drug-likeness (QED) is 0.373. The van der Waals surface area contributed by atoms with Crippen molar-refractivity contribution in [1.29, 1.82) is 0 Å². The lowest BCUT2D eigenvalue weighted by atomic mass is 10.1. The summed E-state index contributed by atoms with van der Waals surface area (Å²) in [5, 5.41) is 7.91. The van der Waals surface area contributed by atoms with E-state index < -0.39 is 5.54 Å². The molecule has 2 rings (SSSR count). The molecule has 25 heavy (non-hydrogen) atoms. The maximum Gasteiger partial charge on any atom is 0.146 e. The molecule has 5 nitrogen and oxygen atoms in total. The van der Waals surface area contributed by atoms with Crippen LogP contribution in [0.4, 0.5) is 0 Å². The Kier molecular flexibility index (Phi) is 5.94. The standard InChI is InChI=1S/C19H21N3O2S/c1-6-14-9-15-10-16(7-8-17(15)20-11-14)24-13(2)18(25)22-19(3,4)12-21-23-5/h1,7-13H,2-5H3,(H,22,25).